The lowest BCUT2D eigenvalue weighted by Gasteiger charge is -2.21. The minimum absolute atomic E-state index is 0.156. The van der Waals surface area contributed by atoms with Gasteiger partial charge in [0.15, 0.2) is 5.13 Å². The zero-order chi connectivity index (χ0) is 21.4. The number of rotatable bonds is 8. The summed E-state index contributed by atoms with van der Waals surface area (Å²) in [5.41, 5.74) is 1.06. The molecule has 2 amide bonds. The summed E-state index contributed by atoms with van der Waals surface area (Å²) in [5, 5.41) is 5.85. The normalized spacial score (nSPS) is 10.5. The van der Waals surface area contributed by atoms with Crippen LogP contribution in [0.3, 0.4) is 0 Å². The highest BCUT2D eigenvalue weighted by molar-refractivity contribution is 8.23. The Morgan fingerprint density at radius 1 is 1.31 bits per heavy atom. The van der Waals surface area contributed by atoms with E-state index in [-0.39, 0.29) is 18.4 Å². The lowest BCUT2D eigenvalue weighted by atomic mass is 10.3. The number of amides is 2. The van der Waals surface area contributed by atoms with Gasteiger partial charge in [0.05, 0.1) is 22.9 Å². The van der Waals surface area contributed by atoms with Gasteiger partial charge in [-0.25, -0.2) is 4.98 Å². The molecule has 8 nitrogen and oxygen atoms in total. The molecule has 11 heteroatoms. The molecule has 0 aliphatic rings. The van der Waals surface area contributed by atoms with E-state index < -0.39 is 0 Å². The van der Waals surface area contributed by atoms with E-state index in [1.54, 1.807) is 18.5 Å². The highest BCUT2D eigenvalue weighted by Gasteiger charge is 2.20. The van der Waals surface area contributed by atoms with Crippen LogP contribution in [0, 0.1) is 0 Å². The molecule has 0 unspecified atom stereocenters. The molecule has 2 aromatic heterocycles. The molecular formula is C18H23N5O3S3. The molecule has 2 N–H and O–H groups in total. The van der Waals surface area contributed by atoms with Crippen molar-refractivity contribution in [2.24, 2.45) is 0 Å². The van der Waals surface area contributed by atoms with Crippen molar-refractivity contribution >= 4 is 62.3 Å². The van der Waals surface area contributed by atoms with Gasteiger partial charge < -0.3 is 20.3 Å². The van der Waals surface area contributed by atoms with Crippen LogP contribution in [0.25, 0.3) is 0 Å². The van der Waals surface area contributed by atoms with Gasteiger partial charge in [0.2, 0.25) is 5.91 Å². The first-order chi connectivity index (χ1) is 13.9. The maximum Gasteiger partial charge on any atom is 0.267 e. The number of methoxy groups -OCH3 is 1. The highest BCUT2D eigenvalue weighted by Crippen LogP contribution is 2.30. The van der Waals surface area contributed by atoms with Crippen molar-refractivity contribution in [2.45, 2.75) is 32.3 Å². The van der Waals surface area contributed by atoms with Crippen molar-refractivity contribution in [2.75, 3.05) is 30.8 Å². The number of carbonyl (C=O) groups is 2. The van der Waals surface area contributed by atoms with Gasteiger partial charge in [0, 0.05) is 39.5 Å². The first kappa shape index (κ1) is 23.2. The summed E-state index contributed by atoms with van der Waals surface area (Å²) >= 11 is 7.98. The number of anilines is 2. The molecule has 156 valence electrons. The van der Waals surface area contributed by atoms with Crippen molar-refractivity contribution in [3.05, 3.63) is 29.0 Å². The maximum atomic E-state index is 12.9. The predicted molar refractivity (Wildman–Crippen MR) is 121 cm³/mol. The molecule has 2 heterocycles. The van der Waals surface area contributed by atoms with Crippen molar-refractivity contribution in [1.29, 1.82) is 0 Å². The summed E-state index contributed by atoms with van der Waals surface area (Å²) in [5.74, 6) is -0.597. The largest absolute Gasteiger partial charge is 0.378 e. The molecule has 0 fully saturated rings. The van der Waals surface area contributed by atoms with Crippen molar-refractivity contribution < 1.29 is 14.3 Å². The molecule has 0 radical (unpaired) electrons. The second-order valence-electron chi connectivity index (χ2n) is 5.78. The average Bonchev–Trinajstić information content (AvgIpc) is 3.06. The SMILES string of the molecule is CCN(CC)C(=S)Sc1cnccc1NC(=O)c1sc(NC(C)=O)nc1COC. The van der Waals surface area contributed by atoms with Crippen molar-refractivity contribution in [1.82, 2.24) is 14.9 Å². The minimum Gasteiger partial charge on any atom is -0.378 e. The quantitative estimate of drug-likeness (QED) is 0.462. The number of nitrogens with one attached hydrogen (secondary N) is 2. The topological polar surface area (TPSA) is 96.5 Å². The Bertz CT molecular complexity index is 883. The summed E-state index contributed by atoms with van der Waals surface area (Å²) < 4.78 is 5.84. The Kier molecular flexibility index (Phi) is 8.96. The van der Waals surface area contributed by atoms with Gasteiger partial charge in [-0.3, -0.25) is 14.6 Å². The second-order valence-corrected chi connectivity index (χ2v) is 8.45. The number of ether oxygens (including phenoxy) is 1. The Balaban J connectivity index is 2.24. The van der Waals surface area contributed by atoms with E-state index in [1.165, 1.54) is 25.8 Å². The Morgan fingerprint density at radius 3 is 2.66 bits per heavy atom. The standard InChI is InChI=1S/C18H23N5O3S3/c1-5-23(6-2)18(27)28-14-9-19-8-7-12(14)21-16(25)15-13(10-26-4)22-17(29-15)20-11(3)24/h7-9H,5-6,10H2,1-4H3,(H,19,21,25)(H,20,22,24). The number of aromatic nitrogens is 2. The zero-order valence-corrected chi connectivity index (χ0v) is 19.1. The monoisotopic (exact) mass is 453 g/mol. The average molecular weight is 454 g/mol. The van der Waals surface area contributed by atoms with E-state index in [2.05, 4.69) is 25.5 Å². The highest BCUT2D eigenvalue weighted by atomic mass is 32.2. The van der Waals surface area contributed by atoms with Crippen LogP contribution < -0.4 is 10.6 Å². The van der Waals surface area contributed by atoms with Crippen LogP contribution in [0.2, 0.25) is 0 Å². The molecule has 29 heavy (non-hydrogen) atoms. The van der Waals surface area contributed by atoms with Crippen LogP contribution in [0.5, 0.6) is 0 Å². The van der Waals surface area contributed by atoms with E-state index in [1.807, 2.05) is 13.8 Å². The molecular weight excluding hydrogens is 430 g/mol. The molecule has 0 aliphatic heterocycles. The van der Waals surface area contributed by atoms with Gasteiger partial charge in [-0.05, 0) is 19.9 Å². The number of pyridine rings is 1. The molecule has 2 rings (SSSR count). The number of thiazole rings is 1. The second kappa shape index (κ2) is 11.2. The van der Waals surface area contributed by atoms with Crippen LogP contribution in [-0.2, 0) is 16.1 Å². The van der Waals surface area contributed by atoms with E-state index >= 15 is 0 Å². The van der Waals surface area contributed by atoms with Crippen LogP contribution in [0.15, 0.2) is 23.4 Å². The van der Waals surface area contributed by atoms with Crippen LogP contribution in [0.1, 0.15) is 36.1 Å². The van der Waals surface area contributed by atoms with Gasteiger partial charge in [-0.15, -0.1) is 0 Å². The van der Waals surface area contributed by atoms with Gasteiger partial charge >= 0.3 is 0 Å². The minimum atomic E-state index is -0.340. The van der Waals surface area contributed by atoms with E-state index in [4.69, 9.17) is 17.0 Å². The lowest BCUT2D eigenvalue weighted by Crippen LogP contribution is -2.26. The molecule has 0 saturated heterocycles. The summed E-state index contributed by atoms with van der Waals surface area (Å²) in [7, 11) is 1.52. The smallest absolute Gasteiger partial charge is 0.267 e. The van der Waals surface area contributed by atoms with Gasteiger partial charge in [-0.1, -0.05) is 35.3 Å². The molecule has 2 aromatic rings. The van der Waals surface area contributed by atoms with E-state index in [9.17, 15) is 9.59 Å². The zero-order valence-electron chi connectivity index (χ0n) is 16.6. The molecule has 0 bridgehead atoms. The summed E-state index contributed by atoms with van der Waals surface area (Å²) in [4.78, 5) is 35.8. The van der Waals surface area contributed by atoms with Crippen LogP contribution >= 0.6 is 35.3 Å². The summed E-state index contributed by atoms with van der Waals surface area (Å²) in [6.45, 7) is 7.22. The number of carbonyl (C=O) groups excluding carboxylic acids is 2. The van der Waals surface area contributed by atoms with Crippen molar-refractivity contribution in [3.8, 4) is 0 Å². The summed E-state index contributed by atoms with van der Waals surface area (Å²) in [6.07, 6.45) is 3.27. The van der Waals surface area contributed by atoms with Gasteiger partial charge in [-0.2, -0.15) is 0 Å². The maximum absolute atomic E-state index is 12.9. The number of thiocarbonyl (C=S) groups is 1. The third-order valence-corrected chi connectivity index (χ3v) is 6.22. The van der Waals surface area contributed by atoms with Gasteiger partial charge in [0.25, 0.3) is 5.91 Å². The van der Waals surface area contributed by atoms with Gasteiger partial charge in [0.1, 0.15) is 9.20 Å². The molecule has 0 aliphatic carbocycles. The van der Waals surface area contributed by atoms with Crippen LogP contribution in [-0.4, -0.2) is 51.2 Å². The third-order valence-electron chi connectivity index (χ3n) is 3.72. The Hall–Kier alpha value is -2.08. The molecule has 0 spiro atoms. The van der Waals surface area contributed by atoms with E-state index in [0.29, 0.717) is 25.7 Å². The lowest BCUT2D eigenvalue weighted by molar-refractivity contribution is -0.114. The Morgan fingerprint density at radius 2 is 2.03 bits per heavy atom. The van der Waals surface area contributed by atoms with Crippen LogP contribution in [0.4, 0.5) is 10.8 Å². The van der Waals surface area contributed by atoms with E-state index in [0.717, 1.165) is 29.3 Å². The fourth-order valence-electron chi connectivity index (χ4n) is 2.35. The molecule has 0 saturated carbocycles. The Labute approximate surface area is 183 Å². The fourth-order valence-corrected chi connectivity index (χ4v) is 4.71. The third kappa shape index (κ3) is 6.46. The first-order valence-corrected chi connectivity index (χ1v) is 10.9. The predicted octanol–water partition coefficient (Wildman–Crippen LogP) is 3.61. The fraction of sp³-hybridized carbons (Fsp3) is 0.389. The van der Waals surface area contributed by atoms with Crippen molar-refractivity contribution in [3.63, 3.8) is 0 Å². The molecule has 0 aromatic carbocycles. The first-order valence-electron chi connectivity index (χ1n) is 8.87. The number of thioether (sulfide) groups is 1. The number of hydrogen-bond acceptors (Lipinski definition) is 8. The molecule has 0 atom stereocenters. The number of hydrogen-bond donors (Lipinski definition) is 2. The number of nitrogens with zero attached hydrogens (tertiary/aromatic N) is 3. The summed E-state index contributed by atoms with van der Waals surface area (Å²) in [6, 6.07) is 1.72.